The van der Waals surface area contributed by atoms with E-state index in [0.29, 0.717) is 5.91 Å². The molecule has 5 nitrogen and oxygen atoms in total. The predicted molar refractivity (Wildman–Crippen MR) is 127 cm³/mol. The Balaban J connectivity index is 1.03. The van der Waals surface area contributed by atoms with Gasteiger partial charge in [0.2, 0.25) is 5.91 Å². The Morgan fingerprint density at radius 1 is 0.909 bits per heavy atom. The van der Waals surface area contributed by atoms with Crippen LogP contribution in [0.15, 0.2) is 24.3 Å². The second-order valence-electron chi connectivity index (χ2n) is 12.1. The van der Waals surface area contributed by atoms with Crippen LogP contribution in [0, 0.1) is 35.5 Å². The Hall–Kier alpha value is -2.04. The number of hydrogen-bond donors (Lipinski definition) is 0. The molecule has 0 aromatic heterocycles. The van der Waals surface area contributed by atoms with Gasteiger partial charge < -0.3 is 14.5 Å². The third-order valence-electron chi connectivity index (χ3n) is 9.84. The summed E-state index contributed by atoms with van der Waals surface area (Å²) in [5.74, 6) is 3.79. The first-order chi connectivity index (χ1) is 15.9. The van der Waals surface area contributed by atoms with Crippen molar-refractivity contribution in [1.82, 2.24) is 9.80 Å². The largest absolute Gasteiger partial charge is 0.484 e. The number of nitrogens with zero attached hydrogens (tertiary/aromatic N) is 2. The minimum absolute atomic E-state index is 0.0240. The lowest BCUT2D eigenvalue weighted by molar-refractivity contribution is -0.157. The Morgan fingerprint density at radius 2 is 1.48 bits per heavy atom. The van der Waals surface area contributed by atoms with Gasteiger partial charge in [0.05, 0.1) is 5.41 Å². The quantitative estimate of drug-likeness (QED) is 0.682. The first kappa shape index (κ1) is 21.5. The smallest absolute Gasteiger partial charge is 0.260 e. The van der Waals surface area contributed by atoms with Crippen molar-refractivity contribution in [2.45, 2.75) is 64.7 Å². The van der Waals surface area contributed by atoms with Gasteiger partial charge in [0, 0.05) is 26.2 Å². The van der Waals surface area contributed by atoms with Crippen LogP contribution in [0.5, 0.6) is 5.75 Å². The van der Waals surface area contributed by atoms with Crippen molar-refractivity contribution in [2.75, 3.05) is 32.8 Å². The maximum Gasteiger partial charge on any atom is 0.260 e. The van der Waals surface area contributed by atoms with Gasteiger partial charge in [-0.05, 0) is 99.5 Å². The molecule has 0 unspecified atom stereocenters. The molecule has 4 saturated carbocycles. The van der Waals surface area contributed by atoms with Gasteiger partial charge in [0.15, 0.2) is 6.61 Å². The zero-order valence-electron chi connectivity index (χ0n) is 20.1. The molecule has 6 fully saturated rings. The maximum absolute atomic E-state index is 13.8. The van der Waals surface area contributed by atoms with E-state index in [9.17, 15) is 9.59 Å². The number of benzene rings is 1. The van der Waals surface area contributed by atoms with Gasteiger partial charge in [0.25, 0.3) is 5.91 Å². The number of likely N-dealkylation sites (tertiary alicyclic amines) is 2. The van der Waals surface area contributed by atoms with Crippen LogP contribution in [0.2, 0.25) is 0 Å². The molecule has 2 saturated heterocycles. The summed E-state index contributed by atoms with van der Waals surface area (Å²) in [5.41, 5.74) is 1.24. The van der Waals surface area contributed by atoms with Gasteiger partial charge in [-0.2, -0.15) is 0 Å². The van der Waals surface area contributed by atoms with Crippen LogP contribution in [0.3, 0.4) is 0 Å². The highest BCUT2D eigenvalue weighted by Gasteiger charge is 2.57. The van der Waals surface area contributed by atoms with Crippen molar-refractivity contribution in [3.63, 3.8) is 0 Å². The van der Waals surface area contributed by atoms with Crippen molar-refractivity contribution in [2.24, 2.45) is 28.6 Å². The van der Waals surface area contributed by atoms with E-state index >= 15 is 0 Å². The van der Waals surface area contributed by atoms with Crippen molar-refractivity contribution >= 4 is 11.8 Å². The highest BCUT2D eigenvalue weighted by atomic mass is 16.5. The molecule has 2 aliphatic heterocycles. The van der Waals surface area contributed by atoms with Crippen LogP contribution < -0.4 is 4.74 Å². The molecule has 178 valence electrons. The second kappa shape index (κ2) is 8.02. The molecule has 7 rings (SSSR count). The molecule has 2 heterocycles. The number of rotatable bonds is 4. The molecular weight excluding hydrogens is 412 g/mol. The van der Waals surface area contributed by atoms with Crippen LogP contribution in [-0.2, 0) is 9.59 Å². The van der Waals surface area contributed by atoms with E-state index in [-0.39, 0.29) is 23.3 Å². The highest BCUT2D eigenvalue weighted by Crippen LogP contribution is 2.61. The molecule has 4 bridgehead atoms. The molecule has 0 N–H and O–H groups in total. The van der Waals surface area contributed by atoms with Crippen LogP contribution >= 0.6 is 0 Å². The average Bonchev–Trinajstić information content (AvgIpc) is 3.20. The molecule has 6 aliphatic rings. The number of hydrogen-bond acceptors (Lipinski definition) is 3. The highest BCUT2D eigenvalue weighted by molar-refractivity contribution is 5.83. The summed E-state index contributed by atoms with van der Waals surface area (Å²) in [6.45, 7) is 5.51. The molecule has 1 aromatic carbocycles. The van der Waals surface area contributed by atoms with E-state index in [1.54, 1.807) is 0 Å². The minimum Gasteiger partial charge on any atom is -0.484 e. The molecule has 4 aliphatic carbocycles. The fraction of sp³-hybridized carbons (Fsp3) is 0.714. The number of piperidine rings is 1. The zero-order chi connectivity index (χ0) is 22.6. The Morgan fingerprint density at radius 3 is 2.09 bits per heavy atom. The van der Waals surface area contributed by atoms with Gasteiger partial charge in [-0.25, -0.2) is 0 Å². The van der Waals surface area contributed by atoms with Gasteiger partial charge in [-0.3, -0.25) is 9.59 Å². The number of carbonyl (C=O) groups excluding carboxylic acids is 2. The van der Waals surface area contributed by atoms with Crippen LogP contribution in [-0.4, -0.2) is 54.4 Å². The van der Waals surface area contributed by atoms with E-state index in [0.717, 1.165) is 93.8 Å². The minimum atomic E-state index is -0.0240. The van der Waals surface area contributed by atoms with Gasteiger partial charge in [0.1, 0.15) is 5.75 Å². The second-order valence-corrected chi connectivity index (χ2v) is 12.1. The summed E-state index contributed by atoms with van der Waals surface area (Å²) in [6, 6.07) is 7.84. The van der Waals surface area contributed by atoms with Crippen LogP contribution in [0.25, 0.3) is 0 Å². The normalized spacial score (nSPS) is 34.2. The Kier molecular flexibility index (Phi) is 5.23. The third-order valence-corrected chi connectivity index (χ3v) is 9.84. The number of para-hydroxylation sites is 1. The average molecular weight is 451 g/mol. The van der Waals surface area contributed by atoms with Crippen LogP contribution in [0.4, 0.5) is 0 Å². The van der Waals surface area contributed by atoms with Gasteiger partial charge in [-0.15, -0.1) is 0 Å². The molecule has 0 radical (unpaired) electrons. The standard InChI is InChI=1S/C28H38N2O3/c1-20-4-2-3-5-24(20)33-18-25(31)29-9-6-27(7-10-29)8-11-30(19-27)26(32)28-15-21-12-22(16-28)14-23(13-21)17-28/h2-5,21-23H,6-19H2,1H3. The lowest BCUT2D eigenvalue weighted by atomic mass is 9.49. The molecule has 1 aromatic rings. The number of amides is 2. The fourth-order valence-electron chi connectivity index (χ4n) is 8.40. The molecular formula is C28H38N2O3. The summed E-state index contributed by atoms with van der Waals surface area (Å²) in [4.78, 5) is 30.8. The summed E-state index contributed by atoms with van der Waals surface area (Å²) >= 11 is 0. The molecule has 5 heteroatoms. The predicted octanol–water partition coefficient (Wildman–Crippen LogP) is 4.43. The zero-order valence-corrected chi connectivity index (χ0v) is 20.1. The Bertz CT molecular complexity index is 898. The van der Waals surface area contributed by atoms with E-state index in [2.05, 4.69) is 4.90 Å². The SMILES string of the molecule is Cc1ccccc1OCC(=O)N1CCC2(CC1)CCN(C(=O)C13CC4CC(CC(C4)C1)C3)C2. The van der Waals surface area contributed by atoms with Crippen molar-refractivity contribution < 1.29 is 14.3 Å². The molecule has 1 spiro atoms. The van der Waals surface area contributed by atoms with Gasteiger partial charge in [-0.1, -0.05) is 18.2 Å². The molecule has 2 amide bonds. The van der Waals surface area contributed by atoms with Crippen molar-refractivity contribution in [3.05, 3.63) is 29.8 Å². The van der Waals surface area contributed by atoms with Gasteiger partial charge >= 0.3 is 0 Å². The summed E-state index contributed by atoms with van der Waals surface area (Å²) in [6.07, 6.45) is 10.7. The monoisotopic (exact) mass is 450 g/mol. The fourth-order valence-corrected chi connectivity index (χ4v) is 8.40. The third kappa shape index (κ3) is 3.85. The summed E-state index contributed by atoms with van der Waals surface area (Å²) < 4.78 is 5.79. The Labute approximate surface area is 197 Å². The summed E-state index contributed by atoms with van der Waals surface area (Å²) in [7, 11) is 0. The number of carbonyl (C=O) groups is 2. The van der Waals surface area contributed by atoms with Crippen LogP contribution in [0.1, 0.15) is 63.4 Å². The first-order valence-electron chi connectivity index (χ1n) is 13.2. The maximum atomic E-state index is 13.8. The van der Waals surface area contributed by atoms with Crippen molar-refractivity contribution in [1.29, 1.82) is 0 Å². The van der Waals surface area contributed by atoms with Crippen molar-refractivity contribution in [3.8, 4) is 5.75 Å². The summed E-state index contributed by atoms with van der Waals surface area (Å²) in [5, 5.41) is 0. The molecule has 33 heavy (non-hydrogen) atoms. The topological polar surface area (TPSA) is 49.9 Å². The number of ether oxygens (including phenoxy) is 1. The van der Waals surface area contributed by atoms with E-state index in [1.807, 2.05) is 36.1 Å². The van der Waals surface area contributed by atoms with E-state index in [1.165, 1.54) is 19.3 Å². The lowest BCUT2D eigenvalue weighted by Gasteiger charge is -2.56. The molecule has 0 atom stereocenters. The lowest BCUT2D eigenvalue weighted by Crippen LogP contribution is -2.54. The van der Waals surface area contributed by atoms with E-state index < -0.39 is 0 Å². The number of aryl methyl sites for hydroxylation is 1. The first-order valence-corrected chi connectivity index (χ1v) is 13.2. The van der Waals surface area contributed by atoms with E-state index in [4.69, 9.17) is 4.74 Å².